The van der Waals surface area contributed by atoms with E-state index < -0.39 is 5.97 Å². The molecule has 0 unspecified atom stereocenters. The van der Waals surface area contributed by atoms with Crippen LogP contribution in [0.2, 0.25) is 0 Å². The van der Waals surface area contributed by atoms with Crippen molar-refractivity contribution in [2.24, 2.45) is 5.92 Å². The summed E-state index contributed by atoms with van der Waals surface area (Å²) in [5, 5.41) is 14.7. The highest BCUT2D eigenvalue weighted by Crippen LogP contribution is 2.35. The number of rotatable bonds is 5. The summed E-state index contributed by atoms with van der Waals surface area (Å²) in [4.78, 5) is 11.9. The van der Waals surface area contributed by atoms with Crippen LogP contribution in [0.4, 0.5) is 0 Å². The number of aliphatic hydroxyl groups is 1. The number of esters is 1. The van der Waals surface area contributed by atoms with Gasteiger partial charge in [0.1, 0.15) is 11.3 Å². The van der Waals surface area contributed by atoms with Crippen LogP contribution >= 0.6 is 0 Å². The molecule has 3 rings (SSSR count). The van der Waals surface area contributed by atoms with Crippen molar-refractivity contribution in [3.63, 3.8) is 0 Å². The first-order chi connectivity index (χ1) is 11.7. The summed E-state index contributed by atoms with van der Waals surface area (Å²) in [7, 11) is 2.90. The molecule has 0 amide bonds. The molecule has 0 bridgehead atoms. The minimum Gasteiger partial charge on any atom is -0.496 e. The minimum absolute atomic E-state index is 0.275. The Kier molecular flexibility index (Phi) is 5.04. The van der Waals surface area contributed by atoms with E-state index in [1.165, 1.54) is 14.2 Å². The predicted octanol–water partition coefficient (Wildman–Crippen LogP) is 2.95. The van der Waals surface area contributed by atoms with Crippen LogP contribution in [0.15, 0.2) is 18.3 Å². The lowest BCUT2D eigenvalue weighted by Gasteiger charge is -2.28. The molecule has 1 aromatic heterocycles. The Morgan fingerprint density at radius 1 is 1.29 bits per heavy atom. The lowest BCUT2D eigenvalue weighted by atomic mass is 9.84. The second-order valence-corrected chi connectivity index (χ2v) is 6.40. The third-order valence-electron chi connectivity index (χ3n) is 4.98. The van der Waals surface area contributed by atoms with Crippen molar-refractivity contribution < 1.29 is 19.4 Å². The zero-order valence-corrected chi connectivity index (χ0v) is 14.2. The number of hydrogen-bond donors (Lipinski definition) is 1. The van der Waals surface area contributed by atoms with E-state index >= 15 is 0 Å². The number of benzene rings is 1. The Hall–Kier alpha value is -2.08. The van der Waals surface area contributed by atoms with Crippen LogP contribution in [0.25, 0.3) is 10.9 Å². The zero-order valence-electron chi connectivity index (χ0n) is 14.2. The molecule has 6 heteroatoms. The van der Waals surface area contributed by atoms with Gasteiger partial charge in [0.2, 0.25) is 0 Å². The van der Waals surface area contributed by atoms with Crippen LogP contribution in [-0.4, -0.2) is 41.7 Å². The van der Waals surface area contributed by atoms with E-state index in [2.05, 4.69) is 5.10 Å². The van der Waals surface area contributed by atoms with Gasteiger partial charge in [0.15, 0.2) is 0 Å². The van der Waals surface area contributed by atoms with Gasteiger partial charge in [-0.1, -0.05) is 0 Å². The van der Waals surface area contributed by atoms with E-state index in [4.69, 9.17) is 14.6 Å². The Labute approximate surface area is 141 Å². The van der Waals surface area contributed by atoms with E-state index in [0.29, 0.717) is 23.3 Å². The van der Waals surface area contributed by atoms with Crippen molar-refractivity contribution >= 4 is 16.9 Å². The minimum atomic E-state index is -0.411. The number of carbonyl (C=O) groups is 1. The van der Waals surface area contributed by atoms with Crippen LogP contribution < -0.4 is 4.74 Å². The molecule has 1 aliphatic carbocycles. The van der Waals surface area contributed by atoms with Gasteiger partial charge in [0.25, 0.3) is 0 Å². The predicted molar refractivity (Wildman–Crippen MR) is 90.3 cm³/mol. The highest BCUT2D eigenvalue weighted by Gasteiger charge is 2.23. The first kappa shape index (κ1) is 16.8. The molecule has 1 aromatic carbocycles. The van der Waals surface area contributed by atoms with Gasteiger partial charge in [-0.2, -0.15) is 5.10 Å². The molecule has 0 spiro atoms. The molecule has 2 aromatic rings. The standard InChI is InChI=1S/C18H24N2O4/c1-23-17-10-16-13(9-15(17)18(22)24-2)11-20(19-16)14-5-3-12(4-6-14)7-8-21/h9-12,14,21H,3-8H2,1-2H3. The fourth-order valence-corrected chi connectivity index (χ4v) is 3.58. The fourth-order valence-electron chi connectivity index (χ4n) is 3.58. The molecule has 0 saturated heterocycles. The van der Waals surface area contributed by atoms with Crippen molar-refractivity contribution in [3.8, 4) is 5.75 Å². The number of aliphatic hydroxyl groups excluding tert-OH is 1. The lowest BCUT2D eigenvalue weighted by Crippen LogP contribution is -2.19. The maximum Gasteiger partial charge on any atom is 0.341 e. The average Bonchev–Trinajstić information content (AvgIpc) is 3.03. The van der Waals surface area contributed by atoms with E-state index in [-0.39, 0.29) is 6.61 Å². The van der Waals surface area contributed by atoms with Gasteiger partial charge in [-0.15, -0.1) is 0 Å². The van der Waals surface area contributed by atoms with Crippen molar-refractivity contribution in [1.29, 1.82) is 0 Å². The van der Waals surface area contributed by atoms with Gasteiger partial charge in [0, 0.05) is 24.3 Å². The van der Waals surface area contributed by atoms with Crippen molar-refractivity contribution in [3.05, 3.63) is 23.9 Å². The molecule has 0 radical (unpaired) electrons. The second-order valence-electron chi connectivity index (χ2n) is 6.40. The van der Waals surface area contributed by atoms with Crippen molar-refractivity contribution in [2.45, 2.75) is 38.1 Å². The van der Waals surface area contributed by atoms with Gasteiger partial charge in [-0.25, -0.2) is 4.79 Å². The summed E-state index contributed by atoms with van der Waals surface area (Å²) in [5.74, 6) is 0.694. The Bertz CT molecular complexity index is 717. The van der Waals surface area contributed by atoms with Gasteiger partial charge >= 0.3 is 5.97 Å². The summed E-state index contributed by atoms with van der Waals surface area (Å²) < 4.78 is 12.1. The molecule has 24 heavy (non-hydrogen) atoms. The van der Waals surface area contributed by atoms with E-state index in [1.807, 2.05) is 10.9 Å². The highest BCUT2D eigenvalue weighted by atomic mass is 16.5. The third kappa shape index (κ3) is 3.24. The summed E-state index contributed by atoms with van der Waals surface area (Å²) in [5.41, 5.74) is 1.23. The fraction of sp³-hybridized carbons (Fsp3) is 0.556. The molecular weight excluding hydrogens is 308 g/mol. The smallest absolute Gasteiger partial charge is 0.341 e. The van der Waals surface area contributed by atoms with Crippen molar-refractivity contribution in [1.82, 2.24) is 9.78 Å². The first-order valence-electron chi connectivity index (χ1n) is 8.42. The van der Waals surface area contributed by atoms with Gasteiger partial charge in [0.05, 0.1) is 25.8 Å². The van der Waals surface area contributed by atoms with Crippen molar-refractivity contribution in [2.75, 3.05) is 20.8 Å². The van der Waals surface area contributed by atoms with Crippen LogP contribution in [0, 0.1) is 5.92 Å². The Morgan fingerprint density at radius 3 is 2.67 bits per heavy atom. The molecule has 1 heterocycles. The topological polar surface area (TPSA) is 73.6 Å². The maximum atomic E-state index is 11.9. The molecule has 130 valence electrons. The van der Waals surface area contributed by atoms with Crippen LogP contribution in [0.1, 0.15) is 48.5 Å². The van der Waals surface area contributed by atoms with Crippen LogP contribution in [0.3, 0.4) is 0 Å². The molecule has 1 N–H and O–H groups in total. The Morgan fingerprint density at radius 2 is 2.04 bits per heavy atom. The van der Waals surface area contributed by atoms with Gasteiger partial charge < -0.3 is 14.6 Å². The number of methoxy groups -OCH3 is 2. The highest BCUT2D eigenvalue weighted by molar-refractivity contribution is 5.97. The van der Waals surface area contributed by atoms with Gasteiger partial charge in [-0.3, -0.25) is 4.68 Å². The number of nitrogens with zero attached hydrogens (tertiary/aromatic N) is 2. The Balaban J connectivity index is 1.85. The molecule has 1 saturated carbocycles. The quantitative estimate of drug-likeness (QED) is 0.852. The van der Waals surface area contributed by atoms with Crippen LogP contribution in [0.5, 0.6) is 5.75 Å². The maximum absolute atomic E-state index is 11.9. The number of fused-ring (bicyclic) bond motifs is 1. The molecule has 0 aliphatic heterocycles. The van der Waals surface area contributed by atoms with Gasteiger partial charge in [-0.05, 0) is 44.1 Å². The molecule has 6 nitrogen and oxygen atoms in total. The number of ether oxygens (including phenoxy) is 2. The normalized spacial score (nSPS) is 21.0. The molecule has 1 fully saturated rings. The molecule has 1 aliphatic rings. The monoisotopic (exact) mass is 332 g/mol. The zero-order chi connectivity index (χ0) is 17.1. The summed E-state index contributed by atoms with van der Waals surface area (Å²) in [6.07, 6.45) is 7.28. The third-order valence-corrected chi connectivity index (χ3v) is 4.98. The first-order valence-corrected chi connectivity index (χ1v) is 8.42. The largest absolute Gasteiger partial charge is 0.496 e. The lowest BCUT2D eigenvalue weighted by molar-refractivity contribution is 0.0597. The summed E-state index contributed by atoms with van der Waals surface area (Å²) in [6, 6.07) is 3.94. The number of aromatic nitrogens is 2. The number of hydrogen-bond acceptors (Lipinski definition) is 5. The average molecular weight is 332 g/mol. The summed E-state index contributed by atoms with van der Waals surface area (Å²) >= 11 is 0. The van der Waals surface area contributed by atoms with Crippen LogP contribution in [-0.2, 0) is 4.74 Å². The van der Waals surface area contributed by atoms with E-state index in [9.17, 15) is 4.79 Å². The SMILES string of the molecule is COC(=O)c1cc2cn(C3CCC(CCO)CC3)nc2cc1OC. The number of carbonyl (C=O) groups excluding carboxylic acids is 1. The molecular formula is C18H24N2O4. The molecule has 0 atom stereocenters. The second kappa shape index (κ2) is 7.21. The van der Waals surface area contributed by atoms with E-state index in [1.54, 1.807) is 12.1 Å². The van der Waals surface area contributed by atoms with E-state index in [0.717, 1.165) is 43.0 Å². The summed E-state index contributed by atoms with van der Waals surface area (Å²) in [6.45, 7) is 0.275.